The van der Waals surface area contributed by atoms with E-state index in [-0.39, 0.29) is 0 Å². The average molecular weight is 304 g/mol. The molecule has 0 radical (unpaired) electrons. The maximum Gasteiger partial charge on any atom is 0.0486 e. The van der Waals surface area contributed by atoms with Crippen molar-refractivity contribution in [3.8, 4) is 0 Å². The van der Waals surface area contributed by atoms with Crippen LogP contribution in [0.3, 0.4) is 0 Å². The second kappa shape index (κ2) is 5.86. The van der Waals surface area contributed by atoms with E-state index >= 15 is 0 Å². The molecule has 0 aliphatic carbocycles. The van der Waals surface area contributed by atoms with Gasteiger partial charge in [0.2, 0.25) is 0 Å². The summed E-state index contributed by atoms with van der Waals surface area (Å²) >= 11 is 0. The van der Waals surface area contributed by atoms with E-state index in [2.05, 4.69) is 78.0 Å². The van der Waals surface area contributed by atoms with Gasteiger partial charge in [0.15, 0.2) is 0 Å². The van der Waals surface area contributed by atoms with Crippen LogP contribution in [-0.2, 0) is 19.4 Å². The van der Waals surface area contributed by atoms with Crippen molar-refractivity contribution in [3.63, 3.8) is 0 Å². The number of benzene rings is 2. The van der Waals surface area contributed by atoms with Crippen LogP contribution < -0.4 is 0 Å². The van der Waals surface area contributed by atoms with Gasteiger partial charge in [0.05, 0.1) is 0 Å². The van der Waals surface area contributed by atoms with Gasteiger partial charge in [0, 0.05) is 42.1 Å². The van der Waals surface area contributed by atoms with Gasteiger partial charge in [-0.15, -0.1) is 0 Å². The second-order valence-electron chi connectivity index (χ2n) is 6.67. The number of aryl methyl sites for hydroxylation is 2. The predicted molar refractivity (Wildman–Crippen MR) is 96.8 cm³/mol. The molecule has 0 saturated heterocycles. The highest BCUT2D eigenvalue weighted by Gasteiger charge is 2.27. The Hall–Kier alpha value is -2.06. The fourth-order valence-electron chi connectivity index (χ4n) is 3.96. The fourth-order valence-corrected chi connectivity index (χ4v) is 3.96. The van der Waals surface area contributed by atoms with Gasteiger partial charge in [-0.25, -0.2) is 0 Å². The molecular weight excluding hydrogens is 280 g/mol. The highest BCUT2D eigenvalue weighted by molar-refractivity contribution is 5.86. The number of likely N-dealkylation sites (N-methyl/N-ethyl adjacent to an activating group) is 1. The minimum atomic E-state index is 0.502. The lowest BCUT2D eigenvalue weighted by molar-refractivity contribution is 0.245. The second-order valence-corrected chi connectivity index (χ2v) is 6.67. The molecule has 1 atom stereocenters. The number of para-hydroxylation sites is 1. The summed E-state index contributed by atoms with van der Waals surface area (Å²) < 4.78 is 2.57. The molecule has 2 nitrogen and oxygen atoms in total. The minimum Gasteiger partial charge on any atom is -0.344 e. The van der Waals surface area contributed by atoms with E-state index in [4.69, 9.17) is 0 Å². The lowest BCUT2D eigenvalue weighted by Crippen LogP contribution is -2.31. The number of hydrogen-bond acceptors (Lipinski definition) is 1. The molecule has 3 aromatic rings. The van der Waals surface area contributed by atoms with Crippen molar-refractivity contribution in [2.75, 3.05) is 13.6 Å². The molecule has 0 spiro atoms. The molecule has 1 aliphatic heterocycles. The first kappa shape index (κ1) is 14.5. The highest BCUT2D eigenvalue weighted by Crippen LogP contribution is 2.36. The van der Waals surface area contributed by atoms with E-state index in [1.165, 1.54) is 16.5 Å². The summed E-state index contributed by atoms with van der Waals surface area (Å²) in [6.07, 6.45) is 2.25. The number of fused-ring (bicyclic) bond motifs is 3. The summed E-state index contributed by atoms with van der Waals surface area (Å²) in [5.41, 5.74) is 5.91. The molecule has 0 amide bonds. The lowest BCUT2D eigenvalue weighted by Gasteiger charge is -2.31. The fraction of sp³-hybridized carbons (Fsp3) is 0.333. The van der Waals surface area contributed by atoms with Crippen LogP contribution in [0.1, 0.15) is 29.8 Å². The maximum atomic E-state index is 2.57. The first-order valence-electron chi connectivity index (χ1n) is 8.60. The summed E-state index contributed by atoms with van der Waals surface area (Å²) in [4.78, 5) is 2.47. The van der Waals surface area contributed by atoms with Crippen LogP contribution in [0, 0.1) is 0 Å². The quantitative estimate of drug-likeness (QED) is 0.695. The molecule has 23 heavy (non-hydrogen) atoms. The van der Waals surface area contributed by atoms with Gasteiger partial charge in [0.25, 0.3) is 0 Å². The zero-order valence-electron chi connectivity index (χ0n) is 14.0. The van der Waals surface area contributed by atoms with Gasteiger partial charge in [-0.05, 0) is 37.6 Å². The number of aromatic nitrogens is 1. The molecule has 4 rings (SSSR count). The largest absolute Gasteiger partial charge is 0.344 e. The Morgan fingerprint density at radius 1 is 1.00 bits per heavy atom. The van der Waals surface area contributed by atoms with Crippen molar-refractivity contribution in [2.45, 2.75) is 32.4 Å². The Bertz CT molecular complexity index is 816. The summed E-state index contributed by atoms with van der Waals surface area (Å²) in [5, 5.41) is 1.44. The topological polar surface area (TPSA) is 8.17 Å². The molecule has 2 aromatic carbocycles. The van der Waals surface area contributed by atoms with Crippen molar-refractivity contribution >= 4 is 10.9 Å². The standard InChI is InChI=1S/C21H24N2/c1-16-21-18-10-6-7-11-19(18)23(20(21)13-14-22(16)2)15-12-17-8-4-3-5-9-17/h3-11,16H,12-15H2,1-2H3/t16-/m1/s1. The summed E-state index contributed by atoms with van der Waals surface area (Å²) in [7, 11) is 2.24. The molecule has 0 fully saturated rings. The SMILES string of the molecule is C[C@@H]1c2c(n(CCc3ccccc3)c3ccccc23)CCN1C. The van der Waals surface area contributed by atoms with Gasteiger partial charge >= 0.3 is 0 Å². The van der Waals surface area contributed by atoms with E-state index in [1.54, 1.807) is 11.3 Å². The zero-order chi connectivity index (χ0) is 15.8. The minimum absolute atomic E-state index is 0.502. The van der Waals surface area contributed by atoms with Crippen LogP contribution in [0.2, 0.25) is 0 Å². The Kier molecular flexibility index (Phi) is 3.70. The Labute approximate surface area is 138 Å². The molecule has 2 heteroatoms. The number of rotatable bonds is 3. The van der Waals surface area contributed by atoms with Crippen molar-refractivity contribution in [1.29, 1.82) is 0 Å². The zero-order valence-corrected chi connectivity index (χ0v) is 14.0. The molecule has 0 bridgehead atoms. The van der Waals surface area contributed by atoms with Crippen molar-refractivity contribution in [2.24, 2.45) is 0 Å². The maximum absolute atomic E-state index is 2.57. The van der Waals surface area contributed by atoms with Crippen LogP contribution in [0.25, 0.3) is 10.9 Å². The van der Waals surface area contributed by atoms with Crippen LogP contribution >= 0.6 is 0 Å². The molecular formula is C21H24N2. The third-order valence-corrected chi connectivity index (χ3v) is 5.37. The monoisotopic (exact) mass is 304 g/mol. The first-order chi connectivity index (χ1) is 11.3. The van der Waals surface area contributed by atoms with Crippen molar-refractivity contribution in [1.82, 2.24) is 9.47 Å². The van der Waals surface area contributed by atoms with E-state index in [0.717, 1.165) is 25.9 Å². The predicted octanol–water partition coefficient (Wildman–Crippen LogP) is 4.43. The van der Waals surface area contributed by atoms with Gasteiger partial charge in [-0.3, -0.25) is 4.90 Å². The molecule has 0 N–H and O–H groups in total. The van der Waals surface area contributed by atoms with Crippen LogP contribution in [0.15, 0.2) is 54.6 Å². The van der Waals surface area contributed by atoms with E-state index in [0.29, 0.717) is 6.04 Å². The molecule has 0 saturated carbocycles. The van der Waals surface area contributed by atoms with Crippen molar-refractivity contribution < 1.29 is 0 Å². The van der Waals surface area contributed by atoms with Gasteiger partial charge in [-0.1, -0.05) is 48.5 Å². The van der Waals surface area contributed by atoms with Gasteiger partial charge < -0.3 is 4.57 Å². The summed E-state index contributed by atoms with van der Waals surface area (Å²) in [5.74, 6) is 0. The van der Waals surface area contributed by atoms with E-state index < -0.39 is 0 Å². The lowest BCUT2D eigenvalue weighted by atomic mass is 9.97. The van der Waals surface area contributed by atoms with Crippen LogP contribution in [-0.4, -0.2) is 23.1 Å². The highest BCUT2D eigenvalue weighted by atomic mass is 15.1. The van der Waals surface area contributed by atoms with E-state index in [9.17, 15) is 0 Å². The number of nitrogens with zero attached hydrogens (tertiary/aromatic N) is 2. The number of hydrogen-bond donors (Lipinski definition) is 0. The third-order valence-electron chi connectivity index (χ3n) is 5.37. The average Bonchev–Trinajstić information content (AvgIpc) is 2.91. The molecule has 1 aliphatic rings. The molecule has 2 heterocycles. The Morgan fingerprint density at radius 3 is 2.57 bits per heavy atom. The normalized spacial score (nSPS) is 18.3. The third kappa shape index (κ3) is 2.47. The summed E-state index contributed by atoms with van der Waals surface area (Å²) in [6, 6.07) is 20.2. The molecule has 118 valence electrons. The Balaban J connectivity index is 1.77. The van der Waals surface area contributed by atoms with Crippen LogP contribution in [0.4, 0.5) is 0 Å². The molecule has 0 unspecified atom stereocenters. The Morgan fingerprint density at radius 2 is 1.74 bits per heavy atom. The van der Waals surface area contributed by atoms with Gasteiger partial charge in [-0.2, -0.15) is 0 Å². The smallest absolute Gasteiger partial charge is 0.0486 e. The van der Waals surface area contributed by atoms with Gasteiger partial charge in [0.1, 0.15) is 0 Å². The van der Waals surface area contributed by atoms with Crippen molar-refractivity contribution in [3.05, 3.63) is 71.4 Å². The summed E-state index contributed by atoms with van der Waals surface area (Å²) in [6.45, 7) is 4.55. The molecule has 1 aromatic heterocycles. The van der Waals surface area contributed by atoms with Crippen LogP contribution in [0.5, 0.6) is 0 Å². The van der Waals surface area contributed by atoms with E-state index in [1.807, 2.05) is 0 Å². The first-order valence-corrected chi connectivity index (χ1v) is 8.60.